The number of likely N-dealkylation sites (tertiary alicyclic amines) is 1. The monoisotopic (exact) mass is 508 g/mol. The van der Waals surface area contributed by atoms with E-state index < -0.39 is 36.4 Å². The second kappa shape index (κ2) is 8.94. The molecule has 7 nitrogen and oxygen atoms in total. The lowest BCUT2D eigenvalue weighted by molar-refractivity contribution is -0.159. The van der Waals surface area contributed by atoms with Crippen molar-refractivity contribution in [3.05, 3.63) is 100 Å². The van der Waals surface area contributed by atoms with E-state index in [9.17, 15) is 19.2 Å². The summed E-state index contributed by atoms with van der Waals surface area (Å²) in [6.07, 6.45) is 0. The highest BCUT2D eigenvalue weighted by Crippen LogP contribution is 2.61. The van der Waals surface area contributed by atoms with Crippen LogP contribution in [0.5, 0.6) is 0 Å². The molecular weight excluding hydrogens is 480 g/mol. The predicted octanol–water partition coefficient (Wildman–Crippen LogP) is 4.07. The number of carbonyl (C=O) groups excluding carboxylic acids is 4. The van der Waals surface area contributed by atoms with E-state index >= 15 is 0 Å². The summed E-state index contributed by atoms with van der Waals surface area (Å²) < 4.78 is 5.25. The minimum absolute atomic E-state index is 0.245. The zero-order valence-electron chi connectivity index (χ0n) is 21.4. The molecule has 3 atom stereocenters. The summed E-state index contributed by atoms with van der Waals surface area (Å²) in [5, 5.41) is 2.71. The van der Waals surface area contributed by atoms with E-state index in [4.69, 9.17) is 4.74 Å². The van der Waals surface area contributed by atoms with Crippen molar-refractivity contribution in [1.29, 1.82) is 0 Å². The fourth-order valence-corrected chi connectivity index (χ4v) is 6.46. The predicted molar refractivity (Wildman–Crippen MR) is 140 cm³/mol. The number of carbonyl (C=O) groups is 4. The lowest BCUT2D eigenvalue weighted by Gasteiger charge is -2.45. The first-order valence-electron chi connectivity index (χ1n) is 12.9. The molecule has 0 radical (unpaired) electrons. The third kappa shape index (κ3) is 3.56. The number of hydrogen-bond acceptors (Lipinski definition) is 5. The summed E-state index contributed by atoms with van der Waals surface area (Å²) in [7, 11) is 0. The lowest BCUT2D eigenvalue weighted by Crippen LogP contribution is -2.45. The number of imide groups is 1. The molecule has 3 aliphatic carbocycles. The van der Waals surface area contributed by atoms with Gasteiger partial charge in [-0.3, -0.25) is 19.3 Å². The van der Waals surface area contributed by atoms with E-state index in [0.29, 0.717) is 5.69 Å². The Kier molecular flexibility index (Phi) is 5.67. The number of aryl methyl sites for hydroxylation is 2. The topological polar surface area (TPSA) is 92.8 Å². The summed E-state index contributed by atoms with van der Waals surface area (Å²) in [5.74, 6) is -3.63. The fourth-order valence-electron chi connectivity index (χ4n) is 6.46. The maximum absolute atomic E-state index is 13.8. The van der Waals surface area contributed by atoms with Gasteiger partial charge in [0.1, 0.15) is 6.04 Å². The molecule has 1 fully saturated rings. The van der Waals surface area contributed by atoms with Crippen LogP contribution in [-0.2, 0) is 23.9 Å². The largest absolute Gasteiger partial charge is 0.454 e. The number of nitrogens with one attached hydrogen (secondary N) is 1. The van der Waals surface area contributed by atoms with Gasteiger partial charge < -0.3 is 10.1 Å². The number of rotatable bonds is 5. The van der Waals surface area contributed by atoms with Crippen LogP contribution in [-0.4, -0.2) is 41.2 Å². The molecule has 0 saturated carbocycles. The molecule has 0 unspecified atom stereocenters. The Hall–Kier alpha value is -4.26. The number of anilines is 1. The second-order valence-corrected chi connectivity index (χ2v) is 10.4. The minimum Gasteiger partial charge on any atom is -0.454 e. The molecule has 7 rings (SSSR count). The molecule has 2 bridgehead atoms. The molecule has 1 heterocycles. The quantitative estimate of drug-likeness (QED) is 0.414. The van der Waals surface area contributed by atoms with Crippen molar-refractivity contribution in [1.82, 2.24) is 4.90 Å². The Balaban J connectivity index is 1.20. The Labute approximate surface area is 220 Å². The summed E-state index contributed by atoms with van der Waals surface area (Å²) in [6.45, 7) is 4.89. The average Bonchev–Trinajstić information content (AvgIpc) is 3.19. The van der Waals surface area contributed by atoms with Gasteiger partial charge in [0.25, 0.3) is 5.91 Å². The van der Waals surface area contributed by atoms with Crippen LogP contribution in [0, 0.1) is 25.7 Å². The van der Waals surface area contributed by atoms with Gasteiger partial charge in [-0.05, 0) is 66.3 Å². The first-order valence-corrected chi connectivity index (χ1v) is 12.9. The molecule has 7 heteroatoms. The molecule has 0 spiro atoms. The number of benzene rings is 3. The van der Waals surface area contributed by atoms with Crippen LogP contribution >= 0.6 is 0 Å². The van der Waals surface area contributed by atoms with Gasteiger partial charge in [0.2, 0.25) is 11.8 Å². The molecule has 3 amide bonds. The number of esters is 1. The van der Waals surface area contributed by atoms with Crippen LogP contribution in [0.15, 0.2) is 66.7 Å². The van der Waals surface area contributed by atoms with E-state index in [-0.39, 0.29) is 23.7 Å². The van der Waals surface area contributed by atoms with Gasteiger partial charge in [0.05, 0.1) is 11.8 Å². The van der Waals surface area contributed by atoms with Crippen molar-refractivity contribution in [3.63, 3.8) is 0 Å². The molecule has 1 saturated heterocycles. The van der Waals surface area contributed by atoms with Gasteiger partial charge in [-0.1, -0.05) is 54.6 Å². The van der Waals surface area contributed by atoms with Crippen LogP contribution in [0.4, 0.5) is 5.69 Å². The highest BCUT2D eigenvalue weighted by atomic mass is 16.5. The molecule has 192 valence electrons. The van der Waals surface area contributed by atoms with Crippen molar-refractivity contribution in [2.75, 3.05) is 11.9 Å². The van der Waals surface area contributed by atoms with Crippen molar-refractivity contribution >= 4 is 29.4 Å². The van der Waals surface area contributed by atoms with Crippen molar-refractivity contribution < 1.29 is 23.9 Å². The zero-order chi connectivity index (χ0) is 26.7. The summed E-state index contributed by atoms with van der Waals surface area (Å²) in [5.41, 5.74) is 7.00. The van der Waals surface area contributed by atoms with Crippen LogP contribution in [0.2, 0.25) is 0 Å². The Bertz CT molecular complexity index is 1400. The maximum atomic E-state index is 13.8. The third-order valence-electron chi connectivity index (χ3n) is 8.35. The number of nitrogens with zero attached hydrogens (tertiary/aromatic N) is 1. The first-order chi connectivity index (χ1) is 18.3. The third-order valence-corrected chi connectivity index (χ3v) is 8.35. The Morgan fingerprint density at radius 2 is 1.32 bits per heavy atom. The molecule has 4 aliphatic rings. The van der Waals surface area contributed by atoms with Gasteiger partial charge in [0.15, 0.2) is 6.61 Å². The smallest absolute Gasteiger partial charge is 0.329 e. The van der Waals surface area contributed by atoms with Gasteiger partial charge in [-0.2, -0.15) is 0 Å². The van der Waals surface area contributed by atoms with Crippen molar-refractivity contribution in [2.24, 2.45) is 11.8 Å². The van der Waals surface area contributed by atoms with Crippen molar-refractivity contribution in [2.45, 2.75) is 38.6 Å². The van der Waals surface area contributed by atoms with Crippen LogP contribution in [0.25, 0.3) is 0 Å². The van der Waals surface area contributed by atoms with Crippen LogP contribution < -0.4 is 5.32 Å². The normalized spacial score (nSPS) is 23.4. The Morgan fingerprint density at radius 1 is 0.816 bits per heavy atom. The van der Waals surface area contributed by atoms with E-state index in [0.717, 1.165) is 38.3 Å². The molecule has 1 N–H and O–H groups in total. The molecule has 1 aliphatic heterocycles. The van der Waals surface area contributed by atoms with E-state index in [1.165, 1.54) is 6.92 Å². The molecule has 3 aromatic rings. The lowest BCUT2D eigenvalue weighted by atomic mass is 9.55. The Morgan fingerprint density at radius 3 is 1.79 bits per heavy atom. The zero-order valence-corrected chi connectivity index (χ0v) is 21.4. The standard InChI is InChI=1S/C31H28N2O5/c1-16-12-13-19(14-17(16)2)32-24(34)15-38-31(37)18(3)33-29(35)27-25-20-8-4-5-9-21(20)26(28(27)30(33)36)23-11-7-6-10-22(23)25/h4-14,18,25-28H,15H2,1-3H3,(H,32,34)/t18-,25?,26?,27+,28+/m0/s1. The highest BCUT2D eigenvalue weighted by molar-refractivity contribution is 6.10. The number of ether oxygens (including phenoxy) is 1. The van der Waals surface area contributed by atoms with Crippen molar-refractivity contribution in [3.8, 4) is 0 Å². The molecule has 0 aromatic heterocycles. The summed E-state index contributed by atoms with van der Waals surface area (Å²) in [4.78, 5) is 53.9. The number of hydrogen-bond donors (Lipinski definition) is 1. The van der Waals surface area contributed by atoms with Gasteiger partial charge in [0, 0.05) is 17.5 Å². The highest BCUT2D eigenvalue weighted by Gasteiger charge is 2.62. The number of amides is 3. The molecule has 3 aromatic carbocycles. The van der Waals surface area contributed by atoms with Crippen LogP contribution in [0.1, 0.15) is 52.1 Å². The first kappa shape index (κ1) is 24.1. The minimum atomic E-state index is -1.14. The van der Waals surface area contributed by atoms with Crippen LogP contribution in [0.3, 0.4) is 0 Å². The van der Waals surface area contributed by atoms with E-state index in [1.807, 2.05) is 74.5 Å². The summed E-state index contributed by atoms with van der Waals surface area (Å²) >= 11 is 0. The van der Waals surface area contributed by atoms with E-state index in [2.05, 4.69) is 5.32 Å². The SMILES string of the molecule is Cc1ccc(NC(=O)COC(=O)[C@H](C)N2C(=O)[C@@H]3C4c5ccccc5C(c5ccccc54)[C@H]3C2=O)cc1C. The molecule has 38 heavy (non-hydrogen) atoms. The van der Waals surface area contributed by atoms with Gasteiger partial charge >= 0.3 is 5.97 Å². The van der Waals surface area contributed by atoms with Gasteiger partial charge in [-0.15, -0.1) is 0 Å². The average molecular weight is 509 g/mol. The maximum Gasteiger partial charge on any atom is 0.329 e. The summed E-state index contributed by atoms with van der Waals surface area (Å²) in [6, 6.07) is 20.3. The fraction of sp³-hybridized carbons (Fsp3) is 0.290. The van der Waals surface area contributed by atoms with Gasteiger partial charge in [-0.25, -0.2) is 4.79 Å². The van der Waals surface area contributed by atoms with E-state index in [1.54, 1.807) is 6.07 Å². The molecular formula is C31H28N2O5. The second-order valence-electron chi connectivity index (χ2n) is 10.4.